The number of nitrogens with zero attached hydrogens (tertiary/aromatic N) is 2. The SMILES string of the molecule is COC(=O)/C=C/CNC(=O)C1CCC1n1cc(-c2ccccc2)cn1. The van der Waals surface area contributed by atoms with Crippen molar-refractivity contribution in [1.82, 2.24) is 15.1 Å². The highest BCUT2D eigenvalue weighted by atomic mass is 16.5. The van der Waals surface area contributed by atoms with Crippen LogP contribution < -0.4 is 5.32 Å². The number of nitrogens with one attached hydrogen (secondary N) is 1. The van der Waals surface area contributed by atoms with Crippen LogP contribution in [-0.2, 0) is 14.3 Å². The van der Waals surface area contributed by atoms with Crippen LogP contribution in [0.1, 0.15) is 18.9 Å². The van der Waals surface area contributed by atoms with Crippen molar-refractivity contribution in [2.24, 2.45) is 5.92 Å². The molecule has 2 unspecified atom stereocenters. The van der Waals surface area contributed by atoms with E-state index in [4.69, 9.17) is 0 Å². The number of aromatic nitrogens is 2. The summed E-state index contributed by atoms with van der Waals surface area (Å²) in [5.41, 5.74) is 2.16. The molecular weight excluding hydrogens is 318 g/mol. The van der Waals surface area contributed by atoms with E-state index in [0.29, 0.717) is 6.54 Å². The Hall–Kier alpha value is -2.89. The summed E-state index contributed by atoms with van der Waals surface area (Å²) < 4.78 is 6.39. The summed E-state index contributed by atoms with van der Waals surface area (Å²) >= 11 is 0. The van der Waals surface area contributed by atoms with Crippen LogP contribution >= 0.6 is 0 Å². The standard InChI is InChI=1S/C19H21N3O3/c1-25-18(23)8-5-11-20-19(24)16-9-10-17(16)22-13-15(12-21-22)14-6-3-2-4-7-14/h2-8,12-13,16-17H,9-11H2,1H3,(H,20,24)/b8-5+. The molecule has 2 aromatic rings. The van der Waals surface area contributed by atoms with Gasteiger partial charge in [-0.3, -0.25) is 9.48 Å². The second-order valence-corrected chi connectivity index (χ2v) is 6.00. The van der Waals surface area contributed by atoms with E-state index in [1.54, 1.807) is 6.08 Å². The van der Waals surface area contributed by atoms with Gasteiger partial charge in [-0.15, -0.1) is 0 Å². The predicted octanol–water partition coefficient (Wildman–Crippen LogP) is 2.35. The van der Waals surface area contributed by atoms with Gasteiger partial charge >= 0.3 is 5.97 Å². The summed E-state index contributed by atoms with van der Waals surface area (Å²) in [5.74, 6) is -0.529. The van der Waals surface area contributed by atoms with Crippen molar-refractivity contribution in [3.8, 4) is 11.1 Å². The van der Waals surface area contributed by atoms with Gasteiger partial charge in [-0.2, -0.15) is 5.10 Å². The van der Waals surface area contributed by atoms with Gasteiger partial charge < -0.3 is 10.1 Å². The first kappa shape index (κ1) is 17.0. The Balaban J connectivity index is 1.57. The molecule has 25 heavy (non-hydrogen) atoms. The largest absolute Gasteiger partial charge is 0.466 e. The molecular formula is C19H21N3O3. The third-order valence-corrected chi connectivity index (χ3v) is 4.47. The fourth-order valence-corrected chi connectivity index (χ4v) is 2.92. The summed E-state index contributed by atoms with van der Waals surface area (Å²) in [6.45, 7) is 0.311. The lowest BCUT2D eigenvalue weighted by molar-refractivity contribution is -0.135. The number of benzene rings is 1. The molecule has 2 atom stereocenters. The smallest absolute Gasteiger partial charge is 0.330 e. The Bertz CT molecular complexity index is 767. The van der Waals surface area contributed by atoms with E-state index in [-0.39, 0.29) is 17.9 Å². The fourth-order valence-electron chi connectivity index (χ4n) is 2.92. The number of esters is 1. The summed E-state index contributed by atoms with van der Waals surface area (Å²) in [4.78, 5) is 23.3. The number of ether oxygens (including phenoxy) is 1. The molecule has 6 nitrogen and oxygen atoms in total. The van der Waals surface area contributed by atoms with Crippen LogP contribution in [0.15, 0.2) is 54.9 Å². The van der Waals surface area contributed by atoms with Gasteiger partial charge in [0.1, 0.15) is 0 Å². The summed E-state index contributed by atoms with van der Waals surface area (Å²) in [6.07, 6.45) is 8.50. The molecule has 1 aromatic heterocycles. The van der Waals surface area contributed by atoms with Crippen molar-refractivity contribution < 1.29 is 14.3 Å². The number of hydrogen-bond acceptors (Lipinski definition) is 4. The lowest BCUT2D eigenvalue weighted by Crippen LogP contribution is -2.42. The second-order valence-electron chi connectivity index (χ2n) is 6.00. The van der Waals surface area contributed by atoms with Crippen molar-refractivity contribution in [3.63, 3.8) is 0 Å². The van der Waals surface area contributed by atoms with E-state index in [1.165, 1.54) is 13.2 Å². The van der Waals surface area contributed by atoms with Crippen LogP contribution in [0.4, 0.5) is 0 Å². The van der Waals surface area contributed by atoms with Gasteiger partial charge in [0.25, 0.3) is 0 Å². The minimum Gasteiger partial charge on any atom is -0.466 e. The predicted molar refractivity (Wildman–Crippen MR) is 93.6 cm³/mol. The fraction of sp³-hybridized carbons (Fsp3) is 0.316. The second kappa shape index (κ2) is 7.79. The van der Waals surface area contributed by atoms with Gasteiger partial charge in [-0.25, -0.2) is 4.79 Å². The lowest BCUT2D eigenvalue weighted by Gasteiger charge is -2.35. The van der Waals surface area contributed by atoms with E-state index in [1.807, 2.05) is 47.4 Å². The van der Waals surface area contributed by atoms with Crippen LogP contribution in [0.5, 0.6) is 0 Å². The highest BCUT2D eigenvalue weighted by molar-refractivity contribution is 5.82. The molecule has 1 amide bonds. The van der Waals surface area contributed by atoms with Crippen LogP contribution in [0, 0.1) is 5.92 Å². The number of hydrogen-bond donors (Lipinski definition) is 1. The molecule has 6 heteroatoms. The van der Waals surface area contributed by atoms with E-state index in [0.717, 1.165) is 24.0 Å². The van der Waals surface area contributed by atoms with Gasteiger partial charge in [-0.1, -0.05) is 36.4 Å². The molecule has 0 saturated heterocycles. The highest BCUT2D eigenvalue weighted by Gasteiger charge is 2.38. The number of methoxy groups -OCH3 is 1. The van der Waals surface area contributed by atoms with Gasteiger partial charge in [0, 0.05) is 24.4 Å². The topological polar surface area (TPSA) is 73.2 Å². The first-order chi connectivity index (χ1) is 12.2. The maximum Gasteiger partial charge on any atom is 0.330 e. The Morgan fingerprint density at radius 2 is 2.08 bits per heavy atom. The van der Waals surface area contributed by atoms with E-state index < -0.39 is 5.97 Å². The zero-order valence-corrected chi connectivity index (χ0v) is 14.1. The Labute approximate surface area is 146 Å². The molecule has 1 heterocycles. The molecule has 1 N–H and O–H groups in total. The number of carbonyl (C=O) groups excluding carboxylic acids is 2. The molecule has 1 aliphatic carbocycles. The maximum absolute atomic E-state index is 12.3. The van der Waals surface area contributed by atoms with Gasteiger partial charge in [-0.05, 0) is 18.4 Å². The van der Waals surface area contributed by atoms with Gasteiger partial charge in [0.15, 0.2) is 0 Å². The summed E-state index contributed by atoms with van der Waals surface area (Å²) in [7, 11) is 1.32. The quantitative estimate of drug-likeness (QED) is 0.648. The minimum atomic E-state index is -0.430. The Morgan fingerprint density at radius 1 is 1.28 bits per heavy atom. The number of rotatable bonds is 6. The van der Waals surface area contributed by atoms with Gasteiger partial charge in [0.2, 0.25) is 5.91 Å². The summed E-state index contributed by atoms with van der Waals surface area (Å²) in [6, 6.07) is 10.1. The Morgan fingerprint density at radius 3 is 2.76 bits per heavy atom. The lowest BCUT2D eigenvalue weighted by atomic mass is 9.79. The normalized spacial score (nSPS) is 19.4. The monoisotopic (exact) mass is 339 g/mol. The number of carbonyl (C=O) groups is 2. The minimum absolute atomic E-state index is 0.0115. The van der Waals surface area contributed by atoms with Crippen LogP contribution in [0.25, 0.3) is 11.1 Å². The van der Waals surface area contributed by atoms with E-state index in [2.05, 4.69) is 15.2 Å². The average Bonchev–Trinajstić information content (AvgIpc) is 3.07. The number of amides is 1. The molecule has 0 spiro atoms. The summed E-state index contributed by atoms with van der Waals surface area (Å²) in [5, 5.41) is 7.27. The molecule has 130 valence electrons. The van der Waals surface area contributed by atoms with Crippen LogP contribution in [0.2, 0.25) is 0 Å². The molecule has 0 radical (unpaired) electrons. The maximum atomic E-state index is 12.3. The van der Waals surface area contributed by atoms with Crippen LogP contribution in [-0.4, -0.2) is 35.3 Å². The molecule has 1 fully saturated rings. The van der Waals surface area contributed by atoms with Crippen molar-refractivity contribution in [2.45, 2.75) is 18.9 Å². The van der Waals surface area contributed by atoms with E-state index >= 15 is 0 Å². The molecule has 0 aliphatic heterocycles. The first-order valence-corrected chi connectivity index (χ1v) is 8.31. The first-order valence-electron chi connectivity index (χ1n) is 8.31. The Kier molecular flexibility index (Phi) is 5.28. The van der Waals surface area contributed by atoms with Crippen molar-refractivity contribution in [3.05, 3.63) is 54.9 Å². The van der Waals surface area contributed by atoms with E-state index in [9.17, 15) is 9.59 Å². The van der Waals surface area contributed by atoms with Crippen molar-refractivity contribution in [1.29, 1.82) is 0 Å². The molecule has 1 aliphatic rings. The highest BCUT2D eigenvalue weighted by Crippen LogP contribution is 2.38. The molecule has 3 rings (SSSR count). The van der Waals surface area contributed by atoms with Crippen molar-refractivity contribution >= 4 is 11.9 Å². The molecule has 1 aromatic carbocycles. The van der Waals surface area contributed by atoms with Gasteiger partial charge in [0.05, 0.1) is 25.3 Å². The average molecular weight is 339 g/mol. The molecule has 0 bridgehead atoms. The third kappa shape index (κ3) is 3.96. The molecule has 1 saturated carbocycles. The third-order valence-electron chi connectivity index (χ3n) is 4.47. The zero-order chi connectivity index (χ0) is 17.6. The van der Waals surface area contributed by atoms with Crippen molar-refractivity contribution in [2.75, 3.05) is 13.7 Å². The van der Waals surface area contributed by atoms with Crippen LogP contribution in [0.3, 0.4) is 0 Å². The zero-order valence-electron chi connectivity index (χ0n) is 14.1.